The van der Waals surface area contributed by atoms with E-state index < -0.39 is 16.9 Å². The van der Waals surface area contributed by atoms with Crippen LogP contribution in [0.1, 0.15) is 30.6 Å². The van der Waals surface area contributed by atoms with Crippen molar-refractivity contribution < 1.29 is 14.1 Å². The van der Waals surface area contributed by atoms with Crippen molar-refractivity contribution in [3.8, 4) is 0 Å². The average molecular weight is 421 g/mol. The molecule has 3 aromatic rings. The van der Waals surface area contributed by atoms with E-state index in [0.717, 1.165) is 5.56 Å². The minimum Gasteiger partial charge on any atom is -0.358 e. The van der Waals surface area contributed by atoms with Crippen molar-refractivity contribution in [1.29, 1.82) is 0 Å². The summed E-state index contributed by atoms with van der Waals surface area (Å²) in [4.78, 5) is 23.1. The maximum absolute atomic E-state index is 13.0. The summed E-state index contributed by atoms with van der Waals surface area (Å²) in [6.07, 6.45) is 1.91. The predicted octanol–water partition coefficient (Wildman–Crippen LogP) is 3.73. The summed E-state index contributed by atoms with van der Waals surface area (Å²) in [6.45, 7) is 3.75. The SMILES string of the molecule is CCC(C(=O)Nc1nn(Cc2ccc(F)cc2)cc1Cl)n1nc([N+](=O)[O-])cc1C. The van der Waals surface area contributed by atoms with Crippen molar-refractivity contribution in [3.05, 3.63) is 68.7 Å². The highest BCUT2D eigenvalue weighted by atomic mass is 35.5. The third-order valence-corrected chi connectivity index (χ3v) is 4.57. The highest BCUT2D eigenvalue weighted by Gasteiger charge is 2.28. The summed E-state index contributed by atoms with van der Waals surface area (Å²) in [5.74, 6) is -0.936. The van der Waals surface area contributed by atoms with Gasteiger partial charge in [-0.25, -0.2) is 4.39 Å². The quantitative estimate of drug-likeness (QED) is 0.463. The van der Waals surface area contributed by atoms with Gasteiger partial charge in [0.05, 0.1) is 23.4 Å². The van der Waals surface area contributed by atoms with Crippen molar-refractivity contribution in [1.82, 2.24) is 19.6 Å². The number of nitrogens with zero attached hydrogens (tertiary/aromatic N) is 5. The van der Waals surface area contributed by atoms with Crippen LogP contribution in [0.3, 0.4) is 0 Å². The van der Waals surface area contributed by atoms with Gasteiger partial charge in [-0.1, -0.05) is 30.7 Å². The number of aryl methyl sites for hydroxylation is 1. The summed E-state index contributed by atoms with van der Waals surface area (Å²) in [6, 6.07) is 6.50. The number of halogens is 2. The van der Waals surface area contributed by atoms with Gasteiger partial charge in [0.1, 0.15) is 10.8 Å². The van der Waals surface area contributed by atoms with Crippen molar-refractivity contribution in [3.63, 3.8) is 0 Å². The van der Waals surface area contributed by atoms with Gasteiger partial charge in [0.2, 0.25) is 0 Å². The summed E-state index contributed by atoms with van der Waals surface area (Å²) >= 11 is 6.18. The molecule has 0 saturated carbocycles. The Labute approximate surface area is 170 Å². The van der Waals surface area contributed by atoms with Crippen molar-refractivity contribution in [2.75, 3.05) is 5.32 Å². The predicted molar refractivity (Wildman–Crippen MR) is 104 cm³/mol. The van der Waals surface area contributed by atoms with Gasteiger partial charge < -0.3 is 15.4 Å². The first kappa shape index (κ1) is 20.5. The van der Waals surface area contributed by atoms with Gasteiger partial charge in [-0.05, 0) is 36.0 Å². The Morgan fingerprint density at radius 2 is 2.03 bits per heavy atom. The molecule has 11 heteroatoms. The summed E-state index contributed by atoms with van der Waals surface area (Å²) in [5.41, 5.74) is 1.31. The molecule has 9 nitrogen and oxygen atoms in total. The number of hydrogen-bond donors (Lipinski definition) is 1. The summed E-state index contributed by atoms with van der Waals surface area (Å²) in [5, 5.41) is 22.0. The maximum atomic E-state index is 13.0. The van der Waals surface area contributed by atoms with Crippen molar-refractivity contribution in [2.45, 2.75) is 32.9 Å². The van der Waals surface area contributed by atoms with Gasteiger partial charge in [0, 0.05) is 6.20 Å². The highest BCUT2D eigenvalue weighted by molar-refractivity contribution is 6.33. The molecule has 2 heterocycles. The lowest BCUT2D eigenvalue weighted by Crippen LogP contribution is -2.27. The fourth-order valence-electron chi connectivity index (χ4n) is 2.88. The molecule has 0 radical (unpaired) electrons. The molecule has 0 fully saturated rings. The largest absolute Gasteiger partial charge is 0.390 e. The van der Waals surface area contributed by atoms with Crippen LogP contribution in [-0.4, -0.2) is 30.4 Å². The van der Waals surface area contributed by atoms with E-state index in [1.54, 1.807) is 32.2 Å². The van der Waals surface area contributed by atoms with E-state index in [0.29, 0.717) is 18.7 Å². The molecule has 1 atom stereocenters. The van der Waals surface area contributed by atoms with Crippen LogP contribution in [0.15, 0.2) is 36.5 Å². The third kappa shape index (κ3) is 4.60. The van der Waals surface area contributed by atoms with Crippen LogP contribution in [0.4, 0.5) is 16.0 Å². The van der Waals surface area contributed by atoms with Crippen LogP contribution in [0.2, 0.25) is 5.02 Å². The topological polar surface area (TPSA) is 108 Å². The first-order valence-corrected chi connectivity index (χ1v) is 9.15. The zero-order valence-electron chi connectivity index (χ0n) is 15.7. The van der Waals surface area contributed by atoms with Gasteiger partial charge in [0.25, 0.3) is 5.91 Å². The number of anilines is 1. The van der Waals surface area contributed by atoms with Crippen LogP contribution in [0.5, 0.6) is 0 Å². The lowest BCUT2D eigenvalue weighted by Gasteiger charge is -2.13. The Kier molecular flexibility index (Phi) is 5.92. The van der Waals surface area contributed by atoms with Crippen LogP contribution < -0.4 is 5.32 Å². The van der Waals surface area contributed by atoms with Crippen LogP contribution in [0.25, 0.3) is 0 Å². The molecule has 0 aliphatic rings. The van der Waals surface area contributed by atoms with E-state index in [1.807, 2.05) is 0 Å². The normalized spacial score (nSPS) is 12.0. The van der Waals surface area contributed by atoms with E-state index >= 15 is 0 Å². The number of amides is 1. The Bertz CT molecular complexity index is 1050. The molecule has 2 aromatic heterocycles. The third-order valence-electron chi connectivity index (χ3n) is 4.30. The van der Waals surface area contributed by atoms with Crippen molar-refractivity contribution in [2.24, 2.45) is 0 Å². The Balaban J connectivity index is 1.76. The average Bonchev–Trinajstić information content (AvgIpc) is 3.21. The second-order valence-corrected chi connectivity index (χ2v) is 6.82. The number of nitrogens with one attached hydrogen (secondary N) is 1. The molecule has 0 aliphatic carbocycles. The number of aromatic nitrogens is 4. The zero-order chi connectivity index (χ0) is 21.1. The molecule has 0 saturated heterocycles. The molecule has 29 heavy (non-hydrogen) atoms. The minimum atomic E-state index is -0.762. The van der Waals surface area contributed by atoms with Crippen LogP contribution in [-0.2, 0) is 11.3 Å². The van der Waals surface area contributed by atoms with Gasteiger partial charge in [-0.3, -0.25) is 9.48 Å². The second-order valence-electron chi connectivity index (χ2n) is 6.41. The van der Waals surface area contributed by atoms with Gasteiger partial charge >= 0.3 is 5.82 Å². The van der Waals surface area contributed by atoms with Crippen LogP contribution in [0, 0.1) is 22.9 Å². The summed E-state index contributed by atoms with van der Waals surface area (Å²) < 4.78 is 15.9. The van der Waals surface area contributed by atoms with Gasteiger partial charge in [-0.15, -0.1) is 0 Å². The number of carbonyl (C=O) groups excluding carboxylic acids is 1. The number of rotatable bonds is 7. The van der Waals surface area contributed by atoms with E-state index in [9.17, 15) is 19.3 Å². The summed E-state index contributed by atoms with van der Waals surface area (Å²) in [7, 11) is 0. The molecule has 1 unspecified atom stereocenters. The molecular weight excluding hydrogens is 403 g/mol. The fourth-order valence-corrected chi connectivity index (χ4v) is 3.08. The number of nitro groups is 1. The van der Waals surface area contributed by atoms with E-state index in [1.165, 1.54) is 27.6 Å². The number of benzene rings is 1. The molecule has 3 rings (SSSR count). The van der Waals surface area contributed by atoms with Gasteiger partial charge in [0.15, 0.2) is 11.9 Å². The van der Waals surface area contributed by atoms with E-state index in [4.69, 9.17) is 11.6 Å². The standard InChI is InChI=1S/C18H18ClFN6O3/c1-3-15(25-11(2)8-16(22-25)26(28)29)18(27)21-17-14(19)10-24(23-17)9-12-4-6-13(20)7-5-12/h4-8,10,15H,3,9H2,1-2H3,(H,21,23,27). The smallest absolute Gasteiger partial charge is 0.358 e. The first-order chi connectivity index (χ1) is 13.8. The molecule has 152 valence electrons. The second kappa shape index (κ2) is 8.39. The zero-order valence-corrected chi connectivity index (χ0v) is 16.4. The maximum Gasteiger partial charge on any atom is 0.390 e. The molecular formula is C18H18ClFN6O3. The minimum absolute atomic E-state index is 0.163. The Morgan fingerprint density at radius 1 is 1.34 bits per heavy atom. The fraction of sp³-hybridized carbons (Fsp3) is 0.278. The molecule has 0 aliphatic heterocycles. The number of hydrogen-bond acceptors (Lipinski definition) is 5. The molecule has 0 spiro atoms. The lowest BCUT2D eigenvalue weighted by molar-refractivity contribution is -0.389. The van der Waals surface area contributed by atoms with Crippen LogP contribution >= 0.6 is 11.6 Å². The molecule has 1 amide bonds. The Hall–Kier alpha value is -3.27. The monoisotopic (exact) mass is 420 g/mol. The highest BCUT2D eigenvalue weighted by Crippen LogP contribution is 2.24. The Morgan fingerprint density at radius 3 is 2.62 bits per heavy atom. The van der Waals surface area contributed by atoms with Gasteiger partial charge in [-0.2, -0.15) is 9.78 Å². The van der Waals surface area contributed by atoms with Crippen molar-refractivity contribution >= 4 is 29.1 Å². The van der Waals surface area contributed by atoms with E-state index in [2.05, 4.69) is 15.5 Å². The number of carbonyl (C=O) groups is 1. The van der Waals surface area contributed by atoms with E-state index in [-0.39, 0.29) is 22.5 Å². The lowest BCUT2D eigenvalue weighted by atomic mass is 10.2. The molecule has 1 N–H and O–H groups in total. The molecule has 0 bridgehead atoms. The molecule has 1 aromatic carbocycles. The first-order valence-electron chi connectivity index (χ1n) is 8.77.